The Morgan fingerprint density at radius 3 is 2.57 bits per heavy atom. The van der Waals surface area contributed by atoms with Crippen LogP contribution in [0.5, 0.6) is 11.5 Å². The molecule has 0 amide bonds. The third kappa shape index (κ3) is 5.73. The van der Waals surface area contributed by atoms with Crippen LogP contribution in [0, 0.1) is 0 Å². The van der Waals surface area contributed by atoms with Crippen LogP contribution >= 0.6 is 0 Å². The molecule has 0 atom stereocenters. The van der Waals surface area contributed by atoms with Crippen molar-refractivity contribution in [1.29, 1.82) is 0 Å². The number of unbranched alkanes of at least 4 members (excludes halogenated alkanes) is 5. The molecule has 7 heteroatoms. The summed E-state index contributed by atoms with van der Waals surface area (Å²) in [5, 5.41) is 19.4. The molecule has 0 aliphatic heterocycles. The van der Waals surface area contributed by atoms with Crippen molar-refractivity contribution in [2.24, 2.45) is 0 Å². The average Bonchev–Trinajstić information content (AvgIpc) is 2.69. The number of aliphatic hydroxyl groups is 1. The number of hydrogen-bond donors (Lipinski definition) is 2. The molecular formula is C21H28O7. The van der Waals surface area contributed by atoms with Crippen molar-refractivity contribution in [1.82, 2.24) is 0 Å². The highest BCUT2D eigenvalue weighted by molar-refractivity contribution is 6.03. The van der Waals surface area contributed by atoms with Crippen molar-refractivity contribution in [2.45, 2.75) is 51.9 Å². The zero-order chi connectivity index (χ0) is 20.4. The fraction of sp³-hybridized carbons (Fsp3) is 0.524. The van der Waals surface area contributed by atoms with Gasteiger partial charge in [-0.3, -0.25) is 0 Å². The Morgan fingerprint density at radius 2 is 1.82 bits per heavy atom. The Bertz CT molecular complexity index is 825. The van der Waals surface area contributed by atoms with Crippen molar-refractivity contribution in [3.05, 3.63) is 34.2 Å². The van der Waals surface area contributed by atoms with E-state index in [2.05, 4.69) is 6.92 Å². The average molecular weight is 392 g/mol. The number of para-hydroxylation sites is 1. The van der Waals surface area contributed by atoms with Gasteiger partial charge in [-0.25, -0.2) is 9.59 Å². The number of esters is 1. The molecule has 1 heterocycles. The second-order valence-electron chi connectivity index (χ2n) is 6.58. The molecule has 0 aliphatic rings. The SMILES string of the molecule is CCCCCCCCOc1c(O)c2cccc(C(=O)OCCCO)c2oc1=O. The fourth-order valence-corrected chi connectivity index (χ4v) is 2.84. The molecule has 2 aromatic rings. The molecule has 0 unspecified atom stereocenters. The van der Waals surface area contributed by atoms with Gasteiger partial charge in [0, 0.05) is 13.0 Å². The van der Waals surface area contributed by atoms with Gasteiger partial charge in [0.2, 0.25) is 5.75 Å². The summed E-state index contributed by atoms with van der Waals surface area (Å²) in [6.07, 6.45) is 6.75. The van der Waals surface area contributed by atoms with E-state index < -0.39 is 11.6 Å². The Hall–Kier alpha value is -2.54. The molecule has 0 fully saturated rings. The number of aromatic hydroxyl groups is 1. The van der Waals surface area contributed by atoms with Crippen LogP contribution in [0.15, 0.2) is 27.4 Å². The molecule has 0 saturated heterocycles. The van der Waals surface area contributed by atoms with E-state index in [9.17, 15) is 14.7 Å². The zero-order valence-corrected chi connectivity index (χ0v) is 16.2. The Morgan fingerprint density at radius 1 is 1.07 bits per heavy atom. The van der Waals surface area contributed by atoms with Crippen LogP contribution in [0.4, 0.5) is 0 Å². The van der Waals surface area contributed by atoms with Gasteiger partial charge in [-0.15, -0.1) is 0 Å². The van der Waals surface area contributed by atoms with Gasteiger partial charge >= 0.3 is 11.6 Å². The van der Waals surface area contributed by atoms with Crippen molar-refractivity contribution in [3.63, 3.8) is 0 Å². The molecule has 0 aliphatic carbocycles. The first kappa shape index (κ1) is 21.8. The summed E-state index contributed by atoms with van der Waals surface area (Å²) in [6, 6.07) is 4.54. The van der Waals surface area contributed by atoms with E-state index in [0.717, 1.165) is 19.3 Å². The lowest BCUT2D eigenvalue weighted by molar-refractivity contribution is 0.0483. The normalized spacial score (nSPS) is 10.9. The van der Waals surface area contributed by atoms with E-state index in [0.29, 0.717) is 13.0 Å². The van der Waals surface area contributed by atoms with Gasteiger partial charge in [0.1, 0.15) is 5.56 Å². The van der Waals surface area contributed by atoms with Crippen LogP contribution in [-0.2, 0) is 4.74 Å². The third-order valence-electron chi connectivity index (χ3n) is 4.37. The minimum Gasteiger partial charge on any atom is -0.504 e. The number of hydrogen-bond acceptors (Lipinski definition) is 7. The lowest BCUT2D eigenvalue weighted by atomic mass is 10.1. The number of fused-ring (bicyclic) bond motifs is 1. The number of carbonyl (C=O) groups excluding carboxylic acids is 1. The van der Waals surface area contributed by atoms with Gasteiger partial charge in [-0.1, -0.05) is 45.1 Å². The summed E-state index contributed by atoms with van der Waals surface area (Å²) in [6.45, 7) is 2.41. The van der Waals surface area contributed by atoms with E-state index >= 15 is 0 Å². The van der Waals surface area contributed by atoms with Gasteiger partial charge in [0.15, 0.2) is 11.3 Å². The molecule has 1 aromatic carbocycles. The van der Waals surface area contributed by atoms with Crippen molar-refractivity contribution in [3.8, 4) is 11.5 Å². The van der Waals surface area contributed by atoms with Gasteiger partial charge < -0.3 is 24.1 Å². The summed E-state index contributed by atoms with van der Waals surface area (Å²) in [4.78, 5) is 24.4. The van der Waals surface area contributed by atoms with Crippen LogP contribution in [0.1, 0.15) is 62.2 Å². The van der Waals surface area contributed by atoms with E-state index in [1.54, 1.807) is 6.07 Å². The minimum absolute atomic E-state index is 0.0327. The molecule has 0 radical (unpaired) electrons. The lowest BCUT2D eigenvalue weighted by Crippen LogP contribution is -2.11. The Labute approximate surface area is 163 Å². The van der Waals surface area contributed by atoms with Gasteiger partial charge in [0.05, 0.1) is 18.6 Å². The molecule has 1 aromatic heterocycles. The number of benzene rings is 1. The maximum Gasteiger partial charge on any atom is 0.383 e. The summed E-state index contributed by atoms with van der Waals surface area (Å²) in [5.41, 5.74) is -0.859. The third-order valence-corrected chi connectivity index (χ3v) is 4.37. The molecule has 28 heavy (non-hydrogen) atoms. The van der Waals surface area contributed by atoms with Crippen molar-refractivity contribution < 1.29 is 28.9 Å². The fourth-order valence-electron chi connectivity index (χ4n) is 2.84. The van der Waals surface area contributed by atoms with Gasteiger partial charge in [-0.2, -0.15) is 0 Å². The standard InChI is InChI=1S/C21H28O7/c1-2-3-4-5-6-7-13-26-19-17(23)15-10-8-11-16(18(15)28-21(19)25)20(24)27-14-9-12-22/h8,10-11,22-23H,2-7,9,12-14H2,1H3. The van der Waals surface area contributed by atoms with Crippen molar-refractivity contribution in [2.75, 3.05) is 19.8 Å². The topological polar surface area (TPSA) is 106 Å². The highest BCUT2D eigenvalue weighted by Gasteiger charge is 2.21. The summed E-state index contributed by atoms with van der Waals surface area (Å²) < 4.78 is 15.7. The maximum atomic E-state index is 12.3. The van der Waals surface area contributed by atoms with Crippen LogP contribution < -0.4 is 10.4 Å². The summed E-state index contributed by atoms with van der Waals surface area (Å²) in [7, 11) is 0. The van der Waals surface area contributed by atoms with E-state index in [-0.39, 0.29) is 41.2 Å². The van der Waals surface area contributed by atoms with Crippen LogP contribution in [0.3, 0.4) is 0 Å². The highest BCUT2D eigenvalue weighted by Crippen LogP contribution is 2.33. The van der Waals surface area contributed by atoms with Crippen LogP contribution in [0.25, 0.3) is 11.0 Å². The molecule has 154 valence electrons. The van der Waals surface area contributed by atoms with Crippen LogP contribution in [0.2, 0.25) is 0 Å². The summed E-state index contributed by atoms with van der Waals surface area (Å²) in [5.74, 6) is -1.28. The first-order valence-electron chi connectivity index (χ1n) is 9.79. The second-order valence-corrected chi connectivity index (χ2v) is 6.58. The number of rotatable bonds is 12. The number of ether oxygens (including phenoxy) is 2. The van der Waals surface area contributed by atoms with Crippen LogP contribution in [-0.4, -0.2) is 36.0 Å². The number of aliphatic hydroxyl groups excluding tert-OH is 1. The van der Waals surface area contributed by atoms with E-state index in [1.165, 1.54) is 31.4 Å². The van der Waals surface area contributed by atoms with Gasteiger partial charge in [0.25, 0.3) is 0 Å². The Kier molecular flexibility index (Phi) is 8.81. The van der Waals surface area contributed by atoms with Gasteiger partial charge in [-0.05, 0) is 18.6 Å². The Balaban J connectivity index is 2.11. The monoisotopic (exact) mass is 392 g/mol. The molecule has 7 nitrogen and oxygen atoms in total. The largest absolute Gasteiger partial charge is 0.504 e. The van der Waals surface area contributed by atoms with E-state index in [4.69, 9.17) is 19.0 Å². The predicted octanol–water partition coefficient (Wildman–Crippen LogP) is 3.78. The summed E-state index contributed by atoms with van der Waals surface area (Å²) >= 11 is 0. The number of carbonyl (C=O) groups is 1. The smallest absolute Gasteiger partial charge is 0.383 e. The molecular weight excluding hydrogens is 364 g/mol. The maximum absolute atomic E-state index is 12.3. The molecule has 2 rings (SSSR count). The predicted molar refractivity (Wildman–Crippen MR) is 105 cm³/mol. The molecule has 0 saturated carbocycles. The molecule has 2 N–H and O–H groups in total. The van der Waals surface area contributed by atoms with E-state index in [1.807, 2.05) is 0 Å². The highest BCUT2D eigenvalue weighted by atomic mass is 16.5. The first-order chi connectivity index (χ1) is 13.6. The van der Waals surface area contributed by atoms with Crippen molar-refractivity contribution >= 4 is 16.9 Å². The zero-order valence-electron chi connectivity index (χ0n) is 16.2. The quantitative estimate of drug-likeness (QED) is 0.322. The first-order valence-corrected chi connectivity index (χ1v) is 9.79. The second kappa shape index (κ2) is 11.3. The molecule has 0 spiro atoms. The minimum atomic E-state index is -0.841. The molecule has 0 bridgehead atoms. The lowest BCUT2D eigenvalue weighted by Gasteiger charge is -2.10.